The number of nitrogens with one attached hydrogen (secondary N) is 1. The molecule has 1 aromatic rings. The van der Waals surface area contributed by atoms with Gasteiger partial charge in [-0.05, 0) is 95.5 Å². The molecule has 2 rings (SSSR count). The number of carbonyl (C=O) groups is 1. The number of alkyl carbamates (subject to hydrolysis) is 1. The smallest absolute Gasteiger partial charge is 0.407 e. The molecule has 1 aliphatic rings. The van der Waals surface area contributed by atoms with Crippen molar-refractivity contribution in [1.82, 2.24) is 10.2 Å². The van der Waals surface area contributed by atoms with Crippen molar-refractivity contribution in [2.24, 2.45) is 5.92 Å². The fourth-order valence-corrected chi connectivity index (χ4v) is 4.04. The van der Waals surface area contributed by atoms with Crippen molar-refractivity contribution >= 4 is 6.09 Å². The SMILES string of the molecule is Cc1ccc(CN2CCCC(NC(=O)OC(C)C)CC(C)C2C)c(C)c1C. The lowest BCUT2D eigenvalue weighted by atomic mass is 9.89. The van der Waals surface area contributed by atoms with Crippen LogP contribution >= 0.6 is 0 Å². The zero-order valence-electron chi connectivity index (χ0n) is 18.3. The molecule has 3 unspecified atom stereocenters. The van der Waals surface area contributed by atoms with E-state index in [1.807, 2.05) is 13.8 Å². The molecular weight excluding hydrogens is 336 g/mol. The monoisotopic (exact) mass is 374 g/mol. The first-order valence-electron chi connectivity index (χ1n) is 10.5. The summed E-state index contributed by atoms with van der Waals surface area (Å²) < 4.78 is 5.26. The zero-order valence-corrected chi connectivity index (χ0v) is 18.3. The van der Waals surface area contributed by atoms with E-state index >= 15 is 0 Å². The van der Waals surface area contributed by atoms with Crippen LogP contribution in [0.15, 0.2) is 12.1 Å². The van der Waals surface area contributed by atoms with Gasteiger partial charge in [-0.2, -0.15) is 0 Å². The number of likely N-dealkylation sites (tertiary alicyclic amines) is 1. The highest BCUT2D eigenvalue weighted by molar-refractivity contribution is 5.67. The first-order chi connectivity index (χ1) is 12.7. The van der Waals surface area contributed by atoms with Crippen LogP contribution in [0.2, 0.25) is 0 Å². The minimum atomic E-state index is -0.280. The molecular formula is C23H38N2O2. The van der Waals surface area contributed by atoms with E-state index in [9.17, 15) is 4.79 Å². The van der Waals surface area contributed by atoms with Crippen LogP contribution in [0.25, 0.3) is 0 Å². The van der Waals surface area contributed by atoms with Gasteiger partial charge < -0.3 is 10.1 Å². The minimum absolute atomic E-state index is 0.0772. The molecule has 0 spiro atoms. The first kappa shape index (κ1) is 21.7. The van der Waals surface area contributed by atoms with Gasteiger partial charge in [0.05, 0.1) is 6.10 Å². The van der Waals surface area contributed by atoms with Gasteiger partial charge in [0.15, 0.2) is 0 Å². The molecule has 27 heavy (non-hydrogen) atoms. The molecule has 0 aliphatic carbocycles. The standard InChI is InChI=1S/C23H38N2O2/c1-15(2)27-23(26)24-22-9-8-12-25(20(7)17(4)13-22)14-21-11-10-16(3)18(5)19(21)6/h10-11,15,17,20,22H,8-9,12-14H2,1-7H3,(H,24,26). The van der Waals surface area contributed by atoms with Crippen LogP contribution in [-0.2, 0) is 11.3 Å². The molecule has 4 heteroatoms. The average Bonchev–Trinajstić information content (AvgIpc) is 2.58. The highest BCUT2D eigenvalue weighted by Gasteiger charge is 2.27. The summed E-state index contributed by atoms with van der Waals surface area (Å²) in [7, 11) is 0. The van der Waals surface area contributed by atoms with Crippen molar-refractivity contribution in [3.8, 4) is 0 Å². The van der Waals surface area contributed by atoms with Crippen molar-refractivity contribution in [1.29, 1.82) is 0 Å². The van der Waals surface area contributed by atoms with Crippen molar-refractivity contribution in [3.05, 3.63) is 34.4 Å². The minimum Gasteiger partial charge on any atom is -0.447 e. The summed E-state index contributed by atoms with van der Waals surface area (Å²) in [5.41, 5.74) is 5.64. The average molecular weight is 375 g/mol. The maximum atomic E-state index is 12.0. The molecule has 3 atom stereocenters. The molecule has 1 amide bonds. The Morgan fingerprint density at radius 1 is 1.22 bits per heavy atom. The highest BCUT2D eigenvalue weighted by Crippen LogP contribution is 2.26. The van der Waals surface area contributed by atoms with E-state index < -0.39 is 0 Å². The van der Waals surface area contributed by atoms with Gasteiger partial charge in [-0.3, -0.25) is 4.90 Å². The van der Waals surface area contributed by atoms with Gasteiger partial charge in [0, 0.05) is 18.6 Å². The van der Waals surface area contributed by atoms with E-state index in [1.165, 1.54) is 22.3 Å². The third kappa shape index (κ3) is 5.97. The third-order valence-corrected chi connectivity index (χ3v) is 6.26. The molecule has 1 fully saturated rings. The number of rotatable bonds is 4. The number of hydrogen-bond acceptors (Lipinski definition) is 3. The summed E-state index contributed by atoms with van der Waals surface area (Å²) in [6, 6.07) is 5.23. The van der Waals surface area contributed by atoms with Crippen LogP contribution in [0.5, 0.6) is 0 Å². The quantitative estimate of drug-likeness (QED) is 0.795. The number of amides is 1. The topological polar surface area (TPSA) is 41.6 Å². The normalized spacial score (nSPS) is 24.4. The van der Waals surface area contributed by atoms with Crippen LogP contribution < -0.4 is 5.32 Å². The van der Waals surface area contributed by atoms with Crippen molar-refractivity contribution in [3.63, 3.8) is 0 Å². The maximum Gasteiger partial charge on any atom is 0.407 e. The molecule has 152 valence electrons. The van der Waals surface area contributed by atoms with E-state index in [0.717, 1.165) is 32.4 Å². The Bertz CT molecular complexity index is 642. The van der Waals surface area contributed by atoms with Gasteiger partial charge in [-0.15, -0.1) is 0 Å². The Hall–Kier alpha value is -1.55. The third-order valence-electron chi connectivity index (χ3n) is 6.26. The lowest BCUT2D eigenvalue weighted by molar-refractivity contribution is 0.0974. The summed E-state index contributed by atoms with van der Waals surface area (Å²) in [6.07, 6.45) is 2.74. The predicted octanol–water partition coefficient (Wildman–Crippen LogP) is 5.13. The number of aryl methyl sites for hydroxylation is 1. The molecule has 0 bridgehead atoms. The van der Waals surface area contributed by atoms with Gasteiger partial charge in [-0.1, -0.05) is 19.1 Å². The Morgan fingerprint density at radius 3 is 2.59 bits per heavy atom. The van der Waals surface area contributed by atoms with Gasteiger partial charge >= 0.3 is 6.09 Å². The van der Waals surface area contributed by atoms with Crippen LogP contribution in [0.1, 0.15) is 69.2 Å². The molecule has 1 N–H and O–H groups in total. The Morgan fingerprint density at radius 2 is 1.93 bits per heavy atom. The second-order valence-electron chi connectivity index (χ2n) is 8.65. The van der Waals surface area contributed by atoms with Gasteiger partial charge in [0.25, 0.3) is 0 Å². The fraction of sp³-hybridized carbons (Fsp3) is 0.696. The van der Waals surface area contributed by atoms with Crippen molar-refractivity contribution in [2.75, 3.05) is 6.54 Å². The number of benzene rings is 1. The van der Waals surface area contributed by atoms with E-state index in [1.54, 1.807) is 0 Å². The summed E-state index contributed by atoms with van der Waals surface area (Å²) in [6.45, 7) is 17.1. The van der Waals surface area contributed by atoms with Crippen LogP contribution in [0.3, 0.4) is 0 Å². The van der Waals surface area contributed by atoms with Crippen molar-refractivity contribution < 1.29 is 9.53 Å². The predicted molar refractivity (Wildman–Crippen MR) is 112 cm³/mol. The van der Waals surface area contributed by atoms with Crippen LogP contribution in [0, 0.1) is 26.7 Å². The van der Waals surface area contributed by atoms with Crippen molar-refractivity contribution in [2.45, 2.75) is 92.5 Å². The second kappa shape index (κ2) is 9.59. The Balaban J connectivity index is 2.01. The maximum absolute atomic E-state index is 12.0. The van der Waals surface area contributed by atoms with Gasteiger partial charge in [0.2, 0.25) is 0 Å². The molecule has 1 aliphatic heterocycles. The first-order valence-corrected chi connectivity index (χ1v) is 10.5. The largest absolute Gasteiger partial charge is 0.447 e. The molecule has 4 nitrogen and oxygen atoms in total. The summed E-state index contributed by atoms with van der Waals surface area (Å²) >= 11 is 0. The van der Waals surface area contributed by atoms with E-state index in [0.29, 0.717) is 12.0 Å². The summed E-state index contributed by atoms with van der Waals surface area (Å²) in [5.74, 6) is 0.515. The van der Waals surface area contributed by atoms with E-state index in [4.69, 9.17) is 4.74 Å². The fourth-order valence-electron chi connectivity index (χ4n) is 4.04. The number of carbonyl (C=O) groups excluding carboxylic acids is 1. The van der Waals surface area contributed by atoms with Gasteiger partial charge in [0.1, 0.15) is 0 Å². The van der Waals surface area contributed by atoms with E-state index in [2.05, 4.69) is 57.0 Å². The second-order valence-corrected chi connectivity index (χ2v) is 8.65. The molecule has 0 saturated carbocycles. The molecule has 0 aromatic heterocycles. The number of hydrogen-bond donors (Lipinski definition) is 1. The summed E-state index contributed by atoms with van der Waals surface area (Å²) in [5, 5.41) is 3.08. The number of ether oxygens (including phenoxy) is 1. The lowest BCUT2D eigenvalue weighted by Gasteiger charge is -2.38. The van der Waals surface area contributed by atoms with Crippen LogP contribution in [-0.4, -0.2) is 35.7 Å². The number of nitrogens with zero attached hydrogens (tertiary/aromatic N) is 1. The molecule has 1 aromatic carbocycles. The molecule has 0 radical (unpaired) electrons. The zero-order chi connectivity index (χ0) is 20.1. The Kier molecular flexibility index (Phi) is 7.72. The van der Waals surface area contributed by atoms with E-state index in [-0.39, 0.29) is 18.2 Å². The van der Waals surface area contributed by atoms with Gasteiger partial charge in [-0.25, -0.2) is 4.79 Å². The lowest BCUT2D eigenvalue weighted by Crippen LogP contribution is -2.45. The summed E-state index contributed by atoms with van der Waals surface area (Å²) in [4.78, 5) is 14.6. The van der Waals surface area contributed by atoms with Crippen LogP contribution in [0.4, 0.5) is 4.79 Å². The highest BCUT2D eigenvalue weighted by atomic mass is 16.6. The Labute approximate surface area is 165 Å². The molecule has 1 saturated heterocycles. The molecule has 1 heterocycles.